The van der Waals surface area contributed by atoms with Gasteiger partial charge in [-0.3, -0.25) is 0 Å². The minimum absolute atomic E-state index is 0.248. The third kappa shape index (κ3) is 2.95. The SMILES string of the molecule is CC(C)(C)OC(=O)N1CC2C=C(c3cnc(Cl)c(Cl)c3)C2C1. The van der Waals surface area contributed by atoms with Crippen LogP contribution < -0.4 is 0 Å². The minimum atomic E-state index is -0.470. The summed E-state index contributed by atoms with van der Waals surface area (Å²) in [6.07, 6.45) is 3.66. The van der Waals surface area contributed by atoms with Crippen LogP contribution in [0.15, 0.2) is 18.3 Å². The molecule has 1 aliphatic carbocycles. The Morgan fingerprint density at radius 1 is 1.36 bits per heavy atom. The summed E-state index contributed by atoms with van der Waals surface area (Å²) >= 11 is 11.9. The quantitative estimate of drug-likeness (QED) is 0.717. The van der Waals surface area contributed by atoms with E-state index < -0.39 is 5.60 Å². The molecule has 1 aromatic rings. The summed E-state index contributed by atoms with van der Waals surface area (Å²) in [6, 6.07) is 1.83. The summed E-state index contributed by atoms with van der Waals surface area (Å²) in [4.78, 5) is 18.0. The monoisotopic (exact) mass is 340 g/mol. The van der Waals surface area contributed by atoms with Crippen molar-refractivity contribution in [3.8, 4) is 0 Å². The number of carbonyl (C=O) groups excluding carboxylic acids is 1. The van der Waals surface area contributed by atoms with E-state index >= 15 is 0 Å². The van der Waals surface area contributed by atoms with Gasteiger partial charge >= 0.3 is 6.09 Å². The molecule has 0 aromatic carbocycles. The highest BCUT2D eigenvalue weighted by molar-refractivity contribution is 6.41. The number of carbonyl (C=O) groups is 1. The predicted molar refractivity (Wildman–Crippen MR) is 87.0 cm³/mol. The molecule has 3 rings (SSSR count). The van der Waals surface area contributed by atoms with Crippen molar-refractivity contribution in [1.82, 2.24) is 9.88 Å². The maximum atomic E-state index is 12.2. The molecule has 2 aliphatic rings. The Kier molecular flexibility index (Phi) is 3.86. The second-order valence-corrected chi connectivity index (χ2v) is 7.54. The standard InChI is InChI=1S/C16H18Cl2N2O2/c1-16(2,3)22-15(21)20-7-10-4-11(12(10)8-20)9-5-13(17)14(18)19-6-9/h4-6,10,12H,7-8H2,1-3H3. The third-order valence-electron chi connectivity index (χ3n) is 3.94. The number of hydrogen-bond donors (Lipinski definition) is 0. The molecule has 0 bridgehead atoms. The average molecular weight is 341 g/mol. The fourth-order valence-electron chi connectivity index (χ4n) is 2.93. The van der Waals surface area contributed by atoms with Crippen molar-refractivity contribution < 1.29 is 9.53 Å². The number of hydrogen-bond acceptors (Lipinski definition) is 3. The molecule has 118 valence electrons. The Morgan fingerprint density at radius 3 is 2.73 bits per heavy atom. The van der Waals surface area contributed by atoms with Crippen LogP contribution >= 0.6 is 23.2 Å². The number of halogens is 2. The Morgan fingerprint density at radius 2 is 2.09 bits per heavy atom. The molecule has 0 radical (unpaired) electrons. The van der Waals surface area contributed by atoms with Gasteiger partial charge in [-0.15, -0.1) is 0 Å². The summed E-state index contributed by atoms with van der Waals surface area (Å²) in [7, 11) is 0. The lowest BCUT2D eigenvalue weighted by Gasteiger charge is -2.29. The molecule has 0 spiro atoms. The molecule has 0 saturated carbocycles. The predicted octanol–water partition coefficient (Wildman–Crippen LogP) is 4.27. The first-order valence-corrected chi connectivity index (χ1v) is 8.01. The fourth-order valence-corrected chi connectivity index (χ4v) is 3.20. The van der Waals surface area contributed by atoms with Crippen molar-refractivity contribution in [1.29, 1.82) is 0 Å². The zero-order valence-electron chi connectivity index (χ0n) is 12.8. The Labute approximate surface area is 140 Å². The lowest BCUT2D eigenvalue weighted by Crippen LogP contribution is -2.35. The molecular weight excluding hydrogens is 323 g/mol. The van der Waals surface area contributed by atoms with Gasteiger partial charge in [0.15, 0.2) is 0 Å². The number of amides is 1. The fraction of sp³-hybridized carbons (Fsp3) is 0.500. The van der Waals surface area contributed by atoms with E-state index in [1.54, 1.807) is 11.1 Å². The Balaban J connectivity index is 1.69. The smallest absolute Gasteiger partial charge is 0.410 e. The van der Waals surface area contributed by atoms with Gasteiger partial charge in [-0.05, 0) is 38.0 Å². The molecular formula is C16H18Cl2N2O2. The van der Waals surface area contributed by atoms with Gasteiger partial charge in [-0.2, -0.15) is 0 Å². The van der Waals surface area contributed by atoms with Crippen LogP contribution in [0.3, 0.4) is 0 Å². The van der Waals surface area contributed by atoms with Crippen LogP contribution in [0.2, 0.25) is 10.2 Å². The molecule has 6 heteroatoms. The van der Waals surface area contributed by atoms with Gasteiger partial charge in [0.25, 0.3) is 0 Å². The van der Waals surface area contributed by atoms with Crippen LogP contribution in [0.1, 0.15) is 26.3 Å². The number of aromatic nitrogens is 1. The van der Waals surface area contributed by atoms with Gasteiger partial charge < -0.3 is 9.64 Å². The number of ether oxygens (including phenoxy) is 1. The number of fused-ring (bicyclic) bond motifs is 1. The van der Waals surface area contributed by atoms with Gasteiger partial charge in [0, 0.05) is 31.1 Å². The first-order valence-electron chi connectivity index (χ1n) is 7.25. The number of nitrogens with zero attached hydrogens (tertiary/aromatic N) is 2. The molecule has 1 aromatic heterocycles. The van der Waals surface area contributed by atoms with E-state index in [4.69, 9.17) is 27.9 Å². The van der Waals surface area contributed by atoms with Crippen molar-refractivity contribution in [3.05, 3.63) is 34.1 Å². The summed E-state index contributed by atoms with van der Waals surface area (Å²) in [5.41, 5.74) is 1.69. The molecule has 1 aliphatic heterocycles. The highest BCUT2D eigenvalue weighted by Crippen LogP contribution is 2.45. The molecule has 2 atom stereocenters. The highest BCUT2D eigenvalue weighted by atomic mass is 35.5. The summed E-state index contributed by atoms with van der Waals surface area (Å²) < 4.78 is 5.43. The molecule has 2 unspecified atom stereocenters. The lowest BCUT2D eigenvalue weighted by atomic mass is 9.74. The first-order chi connectivity index (χ1) is 10.2. The van der Waals surface area contributed by atoms with E-state index in [-0.39, 0.29) is 6.09 Å². The molecule has 22 heavy (non-hydrogen) atoms. The average Bonchev–Trinajstić information content (AvgIpc) is 2.70. The lowest BCUT2D eigenvalue weighted by molar-refractivity contribution is 0.0289. The third-order valence-corrected chi connectivity index (χ3v) is 4.63. The molecule has 2 heterocycles. The van der Waals surface area contributed by atoms with E-state index in [2.05, 4.69) is 11.1 Å². The van der Waals surface area contributed by atoms with Gasteiger partial charge in [-0.25, -0.2) is 9.78 Å². The van der Waals surface area contributed by atoms with Gasteiger partial charge in [0.1, 0.15) is 10.8 Å². The highest BCUT2D eigenvalue weighted by Gasteiger charge is 2.43. The topological polar surface area (TPSA) is 42.4 Å². The normalized spacial score (nSPS) is 23.7. The van der Waals surface area contributed by atoms with Crippen LogP contribution in [0.4, 0.5) is 4.79 Å². The van der Waals surface area contributed by atoms with Crippen molar-refractivity contribution in [2.24, 2.45) is 11.8 Å². The molecule has 1 amide bonds. The number of rotatable bonds is 1. The van der Waals surface area contributed by atoms with Gasteiger partial charge in [0.2, 0.25) is 0 Å². The van der Waals surface area contributed by atoms with E-state index in [1.165, 1.54) is 5.57 Å². The van der Waals surface area contributed by atoms with E-state index in [0.717, 1.165) is 5.56 Å². The molecule has 0 N–H and O–H groups in total. The van der Waals surface area contributed by atoms with Crippen LogP contribution in [0.25, 0.3) is 5.57 Å². The number of likely N-dealkylation sites (tertiary alicyclic amines) is 1. The second kappa shape index (κ2) is 5.43. The van der Waals surface area contributed by atoms with Crippen molar-refractivity contribution in [2.75, 3.05) is 13.1 Å². The molecule has 4 nitrogen and oxygen atoms in total. The Bertz CT molecular complexity index is 652. The Hall–Kier alpha value is -1.26. The summed E-state index contributed by atoms with van der Waals surface area (Å²) in [5.74, 6) is 0.712. The van der Waals surface area contributed by atoms with E-state index in [9.17, 15) is 4.79 Å². The maximum Gasteiger partial charge on any atom is 0.410 e. The van der Waals surface area contributed by atoms with Crippen molar-refractivity contribution in [2.45, 2.75) is 26.4 Å². The number of pyridine rings is 1. The summed E-state index contributed by atoms with van der Waals surface area (Å²) in [5, 5.41) is 0.759. The van der Waals surface area contributed by atoms with Crippen molar-refractivity contribution in [3.63, 3.8) is 0 Å². The van der Waals surface area contributed by atoms with Crippen LogP contribution in [0.5, 0.6) is 0 Å². The zero-order valence-corrected chi connectivity index (χ0v) is 14.3. The first kappa shape index (κ1) is 15.6. The maximum absolute atomic E-state index is 12.2. The summed E-state index contributed by atoms with van der Waals surface area (Å²) in [6.45, 7) is 7.01. The van der Waals surface area contributed by atoms with Crippen LogP contribution in [-0.4, -0.2) is 34.7 Å². The minimum Gasteiger partial charge on any atom is -0.444 e. The van der Waals surface area contributed by atoms with E-state index in [0.29, 0.717) is 35.1 Å². The largest absolute Gasteiger partial charge is 0.444 e. The van der Waals surface area contributed by atoms with Gasteiger partial charge in [0.05, 0.1) is 5.02 Å². The molecule has 1 fully saturated rings. The second-order valence-electron chi connectivity index (χ2n) is 6.77. The van der Waals surface area contributed by atoms with Crippen molar-refractivity contribution >= 4 is 34.9 Å². The zero-order chi connectivity index (χ0) is 16.1. The van der Waals surface area contributed by atoms with E-state index in [1.807, 2.05) is 26.8 Å². The van der Waals surface area contributed by atoms with Crippen LogP contribution in [-0.2, 0) is 4.74 Å². The molecule has 1 saturated heterocycles. The van der Waals surface area contributed by atoms with Crippen LogP contribution in [0, 0.1) is 11.8 Å². The van der Waals surface area contributed by atoms with Gasteiger partial charge in [-0.1, -0.05) is 29.3 Å².